The second-order valence-electron chi connectivity index (χ2n) is 4.76. The normalized spacial score (nSPS) is 10.5. The van der Waals surface area contributed by atoms with E-state index in [9.17, 15) is 4.79 Å². The topological polar surface area (TPSA) is 42.0 Å². The summed E-state index contributed by atoms with van der Waals surface area (Å²) in [6.07, 6.45) is 0. The van der Waals surface area contributed by atoms with Crippen molar-refractivity contribution >= 4 is 38.9 Å². The quantitative estimate of drug-likeness (QED) is 0.691. The van der Waals surface area contributed by atoms with E-state index in [1.165, 1.54) is 0 Å². The van der Waals surface area contributed by atoms with Crippen molar-refractivity contribution in [2.75, 3.05) is 5.32 Å². The van der Waals surface area contributed by atoms with E-state index in [4.69, 9.17) is 0 Å². The number of aryl methyl sites for hydroxylation is 1. The number of nitrogens with one attached hydrogen (secondary N) is 1. The van der Waals surface area contributed by atoms with Crippen molar-refractivity contribution in [1.82, 2.24) is 4.98 Å². The van der Waals surface area contributed by atoms with Crippen LogP contribution >= 0.6 is 27.3 Å². The standard InChI is InChI=1S/C17H13BrN2OS/c1-11-19-16(10-22-11)14-4-2-3-5-15(14)20-17(21)12-6-8-13(18)9-7-12/h2-10H,1H3,(H,20,21). The molecule has 0 aliphatic rings. The number of thiazole rings is 1. The van der Waals surface area contributed by atoms with E-state index in [2.05, 4.69) is 26.2 Å². The van der Waals surface area contributed by atoms with Crippen LogP contribution in [0.15, 0.2) is 58.4 Å². The van der Waals surface area contributed by atoms with Gasteiger partial charge in [0.2, 0.25) is 0 Å². The summed E-state index contributed by atoms with van der Waals surface area (Å²) in [5, 5.41) is 5.97. The van der Waals surface area contributed by atoms with Crippen LogP contribution in [0.3, 0.4) is 0 Å². The van der Waals surface area contributed by atoms with Gasteiger partial charge in [0.25, 0.3) is 5.91 Å². The molecule has 0 fully saturated rings. The van der Waals surface area contributed by atoms with E-state index in [0.717, 1.165) is 26.4 Å². The van der Waals surface area contributed by atoms with Gasteiger partial charge in [0, 0.05) is 21.0 Å². The van der Waals surface area contributed by atoms with Crippen LogP contribution in [0.4, 0.5) is 5.69 Å². The summed E-state index contributed by atoms with van der Waals surface area (Å²) in [6.45, 7) is 1.97. The molecule has 1 amide bonds. The Morgan fingerprint density at radius 3 is 2.55 bits per heavy atom. The van der Waals surface area contributed by atoms with E-state index >= 15 is 0 Å². The SMILES string of the molecule is Cc1nc(-c2ccccc2NC(=O)c2ccc(Br)cc2)cs1. The molecule has 0 bridgehead atoms. The molecule has 0 radical (unpaired) electrons. The summed E-state index contributed by atoms with van der Waals surface area (Å²) < 4.78 is 0.947. The van der Waals surface area contributed by atoms with Crippen molar-refractivity contribution < 1.29 is 4.79 Å². The molecule has 1 N–H and O–H groups in total. The Bertz CT molecular complexity index is 812. The number of anilines is 1. The lowest BCUT2D eigenvalue weighted by molar-refractivity contribution is 0.102. The summed E-state index contributed by atoms with van der Waals surface area (Å²) >= 11 is 4.96. The third-order valence-corrected chi connectivity index (χ3v) is 4.48. The molecule has 1 aromatic heterocycles. The summed E-state index contributed by atoms with van der Waals surface area (Å²) in [5.74, 6) is -0.132. The van der Waals surface area contributed by atoms with Gasteiger partial charge in [-0.05, 0) is 37.3 Å². The van der Waals surface area contributed by atoms with Gasteiger partial charge in [-0.2, -0.15) is 0 Å². The Balaban J connectivity index is 1.89. The molecular weight excluding hydrogens is 360 g/mol. The van der Waals surface area contributed by atoms with Crippen LogP contribution in [-0.4, -0.2) is 10.9 Å². The molecule has 3 aromatic rings. The highest BCUT2D eigenvalue weighted by molar-refractivity contribution is 9.10. The van der Waals surface area contributed by atoms with Gasteiger partial charge in [-0.15, -0.1) is 11.3 Å². The Kier molecular flexibility index (Phi) is 4.36. The van der Waals surface area contributed by atoms with Crippen LogP contribution in [0.2, 0.25) is 0 Å². The first-order valence-electron chi connectivity index (χ1n) is 6.72. The molecule has 1 heterocycles. The monoisotopic (exact) mass is 372 g/mol. The van der Waals surface area contributed by atoms with Gasteiger partial charge in [-0.1, -0.05) is 34.1 Å². The van der Waals surface area contributed by atoms with Gasteiger partial charge in [0.05, 0.1) is 16.4 Å². The number of carbonyl (C=O) groups is 1. The fraction of sp³-hybridized carbons (Fsp3) is 0.0588. The van der Waals surface area contributed by atoms with Crippen LogP contribution in [-0.2, 0) is 0 Å². The Morgan fingerprint density at radius 1 is 1.14 bits per heavy atom. The van der Waals surface area contributed by atoms with Crippen LogP contribution in [0.5, 0.6) is 0 Å². The van der Waals surface area contributed by atoms with E-state index < -0.39 is 0 Å². The lowest BCUT2D eigenvalue weighted by atomic mass is 10.1. The molecule has 110 valence electrons. The Labute approximate surface area is 141 Å². The van der Waals surface area contributed by atoms with E-state index in [0.29, 0.717) is 5.56 Å². The summed E-state index contributed by atoms with van der Waals surface area (Å²) in [6, 6.07) is 15.0. The predicted octanol–water partition coefficient (Wildman–Crippen LogP) is 5.13. The molecule has 3 nitrogen and oxygen atoms in total. The van der Waals surface area contributed by atoms with Gasteiger partial charge in [0.1, 0.15) is 0 Å². The molecule has 0 atom stereocenters. The Morgan fingerprint density at radius 2 is 1.86 bits per heavy atom. The van der Waals surface area contributed by atoms with Crippen molar-refractivity contribution in [2.24, 2.45) is 0 Å². The number of carbonyl (C=O) groups excluding carboxylic acids is 1. The number of amides is 1. The average molecular weight is 373 g/mol. The average Bonchev–Trinajstić information content (AvgIpc) is 2.95. The van der Waals surface area contributed by atoms with Gasteiger partial charge < -0.3 is 5.32 Å². The fourth-order valence-electron chi connectivity index (χ4n) is 2.10. The van der Waals surface area contributed by atoms with Gasteiger partial charge >= 0.3 is 0 Å². The molecule has 0 saturated carbocycles. The number of hydrogen-bond donors (Lipinski definition) is 1. The van der Waals surface area contributed by atoms with Gasteiger partial charge in [0.15, 0.2) is 0 Å². The van der Waals surface area contributed by atoms with Crippen molar-refractivity contribution in [1.29, 1.82) is 0 Å². The second-order valence-corrected chi connectivity index (χ2v) is 6.74. The molecule has 0 spiro atoms. The third-order valence-electron chi connectivity index (χ3n) is 3.18. The number of rotatable bonds is 3. The van der Waals surface area contributed by atoms with Gasteiger partial charge in [-0.3, -0.25) is 4.79 Å². The molecule has 0 aliphatic heterocycles. The zero-order valence-corrected chi connectivity index (χ0v) is 14.2. The number of halogens is 1. The van der Waals surface area contributed by atoms with Crippen molar-refractivity contribution in [3.63, 3.8) is 0 Å². The maximum atomic E-state index is 12.4. The number of hydrogen-bond acceptors (Lipinski definition) is 3. The summed E-state index contributed by atoms with van der Waals surface area (Å²) in [4.78, 5) is 16.9. The van der Waals surface area contributed by atoms with Crippen molar-refractivity contribution in [3.05, 3.63) is 69.0 Å². The van der Waals surface area contributed by atoms with Crippen LogP contribution < -0.4 is 5.32 Å². The minimum atomic E-state index is -0.132. The molecule has 2 aromatic carbocycles. The first kappa shape index (κ1) is 14.9. The first-order valence-corrected chi connectivity index (χ1v) is 8.39. The molecule has 3 rings (SSSR count). The maximum absolute atomic E-state index is 12.4. The molecule has 5 heteroatoms. The summed E-state index contributed by atoms with van der Waals surface area (Å²) in [5.41, 5.74) is 3.19. The summed E-state index contributed by atoms with van der Waals surface area (Å²) in [7, 11) is 0. The molecule has 22 heavy (non-hydrogen) atoms. The third kappa shape index (κ3) is 3.26. The van der Waals surface area contributed by atoms with Crippen LogP contribution in [0.25, 0.3) is 11.3 Å². The highest BCUT2D eigenvalue weighted by Gasteiger charge is 2.11. The number of para-hydroxylation sites is 1. The lowest BCUT2D eigenvalue weighted by Gasteiger charge is -2.09. The van der Waals surface area contributed by atoms with E-state index in [-0.39, 0.29) is 5.91 Å². The highest BCUT2D eigenvalue weighted by Crippen LogP contribution is 2.29. The number of aromatic nitrogens is 1. The van der Waals surface area contributed by atoms with Crippen LogP contribution in [0.1, 0.15) is 15.4 Å². The molecular formula is C17H13BrN2OS. The zero-order chi connectivity index (χ0) is 15.5. The molecule has 0 aliphatic carbocycles. The lowest BCUT2D eigenvalue weighted by Crippen LogP contribution is -2.12. The molecule has 0 saturated heterocycles. The minimum Gasteiger partial charge on any atom is -0.321 e. The maximum Gasteiger partial charge on any atom is 0.255 e. The predicted molar refractivity (Wildman–Crippen MR) is 94.4 cm³/mol. The number of nitrogens with zero attached hydrogens (tertiary/aromatic N) is 1. The zero-order valence-electron chi connectivity index (χ0n) is 11.8. The fourth-order valence-corrected chi connectivity index (χ4v) is 2.98. The second kappa shape index (κ2) is 6.42. The minimum absolute atomic E-state index is 0.132. The smallest absolute Gasteiger partial charge is 0.255 e. The van der Waals surface area contributed by atoms with Crippen molar-refractivity contribution in [3.8, 4) is 11.3 Å². The Hall–Kier alpha value is -1.98. The number of benzene rings is 2. The highest BCUT2D eigenvalue weighted by atomic mass is 79.9. The van der Waals surface area contributed by atoms with Crippen molar-refractivity contribution in [2.45, 2.75) is 6.92 Å². The van der Waals surface area contributed by atoms with Crippen LogP contribution in [0, 0.1) is 6.92 Å². The molecule has 0 unspecified atom stereocenters. The first-order chi connectivity index (χ1) is 10.6. The van der Waals surface area contributed by atoms with E-state index in [1.54, 1.807) is 23.5 Å². The van der Waals surface area contributed by atoms with Gasteiger partial charge in [-0.25, -0.2) is 4.98 Å². The largest absolute Gasteiger partial charge is 0.321 e. The van der Waals surface area contributed by atoms with E-state index in [1.807, 2.05) is 48.7 Å².